The van der Waals surface area contributed by atoms with Crippen LogP contribution in [0.3, 0.4) is 0 Å². The average molecular weight is 485 g/mol. The second-order valence-electron chi connectivity index (χ2n) is 9.03. The zero-order chi connectivity index (χ0) is 24.3. The molecule has 8 nitrogen and oxygen atoms in total. The van der Waals surface area contributed by atoms with Gasteiger partial charge in [-0.25, -0.2) is 13.2 Å². The van der Waals surface area contributed by atoms with Crippen LogP contribution in [0.4, 0.5) is 0 Å². The molecule has 3 aromatic rings. The van der Waals surface area contributed by atoms with Gasteiger partial charge in [-0.1, -0.05) is 30.3 Å². The van der Waals surface area contributed by atoms with Crippen LogP contribution in [0.1, 0.15) is 44.7 Å². The molecule has 2 heterocycles. The number of amides is 1. The van der Waals surface area contributed by atoms with Crippen LogP contribution in [-0.4, -0.2) is 47.4 Å². The van der Waals surface area contributed by atoms with Crippen LogP contribution in [-0.2, 0) is 27.8 Å². The van der Waals surface area contributed by atoms with Crippen LogP contribution in [0.2, 0.25) is 0 Å². The summed E-state index contributed by atoms with van der Waals surface area (Å²) in [7, 11) is -3.64. The second kappa shape index (κ2) is 10.1. The van der Waals surface area contributed by atoms with E-state index in [1.54, 1.807) is 16.7 Å². The van der Waals surface area contributed by atoms with Crippen molar-refractivity contribution >= 4 is 27.0 Å². The van der Waals surface area contributed by atoms with E-state index < -0.39 is 10.0 Å². The average Bonchev–Trinajstić information content (AvgIpc) is 3.45. The fraction of sp³-hybridized carbons (Fsp3) is 0.440. The first-order chi connectivity index (χ1) is 16.3. The molecule has 2 aromatic carbocycles. The number of nitrogens with one attached hydrogen (secondary N) is 1. The van der Waals surface area contributed by atoms with Crippen molar-refractivity contribution in [3.05, 3.63) is 64.6 Å². The molecular weight excluding hydrogens is 452 g/mol. The van der Waals surface area contributed by atoms with E-state index in [-0.39, 0.29) is 29.1 Å². The summed E-state index contributed by atoms with van der Waals surface area (Å²) in [4.78, 5) is 26.0. The van der Waals surface area contributed by atoms with Gasteiger partial charge in [0, 0.05) is 25.7 Å². The Labute approximate surface area is 200 Å². The summed E-state index contributed by atoms with van der Waals surface area (Å²) in [6.45, 7) is 5.14. The highest BCUT2D eigenvalue weighted by atomic mass is 32.2. The first-order valence-electron chi connectivity index (χ1n) is 11.8. The van der Waals surface area contributed by atoms with E-state index >= 15 is 0 Å². The highest BCUT2D eigenvalue weighted by molar-refractivity contribution is 7.89. The van der Waals surface area contributed by atoms with Crippen LogP contribution >= 0.6 is 0 Å². The smallest absolute Gasteiger partial charge is 0.329 e. The highest BCUT2D eigenvalue weighted by Crippen LogP contribution is 2.25. The van der Waals surface area contributed by atoms with E-state index in [9.17, 15) is 18.0 Å². The molecule has 1 saturated heterocycles. The molecule has 4 rings (SSSR count). The fourth-order valence-electron chi connectivity index (χ4n) is 4.51. The van der Waals surface area contributed by atoms with E-state index in [1.165, 1.54) is 20.5 Å². The number of carbonyl (C=O) groups excluding carboxylic acids is 1. The monoisotopic (exact) mass is 484 g/mol. The van der Waals surface area contributed by atoms with Gasteiger partial charge in [-0.15, -0.1) is 0 Å². The van der Waals surface area contributed by atoms with Crippen LogP contribution in [0.5, 0.6) is 0 Å². The van der Waals surface area contributed by atoms with Crippen LogP contribution in [0.15, 0.2) is 58.2 Å². The molecule has 182 valence electrons. The van der Waals surface area contributed by atoms with E-state index in [4.69, 9.17) is 0 Å². The summed E-state index contributed by atoms with van der Waals surface area (Å²) in [5, 5.41) is 2.89. The number of aromatic nitrogens is 2. The maximum absolute atomic E-state index is 13.2. The van der Waals surface area contributed by atoms with Gasteiger partial charge in [0.05, 0.1) is 15.9 Å². The van der Waals surface area contributed by atoms with Gasteiger partial charge in [0.25, 0.3) is 0 Å². The Morgan fingerprint density at radius 1 is 1.03 bits per heavy atom. The molecule has 9 heteroatoms. The molecule has 0 radical (unpaired) electrons. The lowest BCUT2D eigenvalue weighted by Crippen LogP contribution is -2.34. The molecule has 0 unspecified atom stereocenters. The van der Waals surface area contributed by atoms with Gasteiger partial charge in [0.2, 0.25) is 15.9 Å². The molecule has 0 spiro atoms. The molecule has 0 atom stereocenters. The van der Waals surface area contributed by atoms with Gasteiger partial charge in [0.15, 0.2) is 0 Å². The number of hydrogen-bond acceptors (Lipinski definition) is 4. The van der Waals surface area contributed by atoms with E-state index in [0.717, 1.165) is 25.7 Å². The molecule has 1 N–H and O–H groups in total. The second-order valence-corrected chi connectivity index (χ2v) is 11.0. The number of rotatable bonds is 9. The highest BCUT2D eigenvalue weighted by Gasteiger charge is 2.28. The normalized spacial score (nSPS) is 14.8. The van der Waals surface area contributed by atoms with Gasteiger partial charge in [-0.2, -0.15) is 4.31 Å². The first kappa shape index (κ1) is 24.2. The van der Waals surface area contributed by atoms with Gasteiger partial charge in [-0.3, -0.25) is 13.9 Å². The molecule has 0 saturated carbocycles. The lowest BCUT2D eigenvalue weighted by molar-refractivity contribution is -0.121. The van der Waals surface area contributed by atoms with E-state index in [1.807, 2.05) is 32.0 Å². The maximum atomic E-state index is 13.2. The van der Waals surface area contributed by atoms with E-state index in [0.29, 0.717) is 30.7 Å². The Morgan fingerprint density at radius 2 is 1.74 bits per heavy atom. The molecule has 1 aliphatic rings. The number of nitrogens with zero attached hydrogens (tertiary/aromatic N) is 3. The quantitative estimate of drug-likeness (QED) is 0.473. The van der Waals surface area contributed by atoms with Crippen molar-refractivity contribution in [1.29, 1.82) is 0 Å². The van der Waals surface area contributed by atoms with Crippen molar-refractivity contribution in [2.75, 3.05) is 19.6 Å². The standard InChI is InChI=1S/C25H32N4O4S/c1-19(2)29-22-13-12-21(34(32,33)27-15-6-7-16-27)17-23(22)28(25(29)31)18-24(30)26-14-8-11-20-9-4-3-5-10-20/h3-5,9-10,12-13,17,19H,6-8,11,14-16,18H2,1-2H3,(H,26,30). The van der Waals surface area contributed by atoms with Gasteiger partial charge in [0.1, 0.15) is 6.54 Å². The molecule has 34 heavy (non-hydrogen) atoms. The summed E-state index contributed by atoms with van der Waals surface area (Å²) in [6, 6.07) is 14.7. The number of benzene rings is 2. The third-order valence-electron chi connectivity index (χ3n) is 6.26. The zero-order valence-corrected chi connectivity index (χ0v) is 20.6. The number of fused-ring (bicyclic) bond motifs is 1. The minimum atomic E-state index is -3.64. The number of carbonyl (C=O) groups is 1. The Bertz CT molecular complexity index is 1320. The van der Waals surface area contributed by atoms with Crippen molar-refractivity contribution in [2.24, 2.45) is 0 Å². The Balaban J connectivity index is 1.56. The predicted molar refractivity (Wildman–Crippen MR) is 132 cm³/mol. The predicted octanol–water partition coefficient (Wildman–Crippen LogP) is 2.92. The molecular formula is C25H32N4O4S. The lowest BCUT2D eigenvalue weighted by Gasteiger charge is -2.16. The SMILES string of the molecule is CC(C)n1c(=O)n(CC(=O)NCCCc2ccccc2)c2cc(S(=O)(=O)N3CCCC3)ccc21. The van der Waals surface area contributed by atoms with Crippen molar-refractivity contribution in [2.45, 2.75) is 57.0 Å². The van der Waals surface area contributed by atoms with Crippen molar-refractivity contribution in [3.63, 3.8) is 0 Å². The summed E-state index contributed by atoms with van der Waals surface area (Å²) in [6.07, 6.45) is 3.34. The topological polar surface area (TPSA) is 93.4 Å². The third-order valence-corrected chi connectivity index (χ3v) is 8.16. The number of hydrogen-bond donors (Lipinski definition) is 1. The summed E-state index contributed by atoms with van der Waals surface area (Å²) in [5.41, 5.74) is 1.97. The van der Waals surface area contributed by atoms with Crippen LogP contribution in [0, 0.1) is 0 Å². The molecule has 1 fully saturated rings. The Kier molecular flexibility index (Phi) is 7.23. The summed E-state index contributed by atoms with van der Waals surface area (Å²) < 4.78 is 30.6. The largest absolute Gasteiger partial charge is 0.355 e. The minimum absolute atomic E-state index is 0.133. The maximum Gasteiger partial charge on any atom is 0.329 e. The number of aryl methyl sites for hydroxylation is 1. The molecule has 0 aliphatic carbocycles. The lowest BCUT2D eigenvalue weighted by atomic mass is 10.1. The Hall–Kier alpha value is -2.91. The van der Waals surface area contributed by atoms with E-state index in [2.05, 4.69) is 17.4 Å². The third kappa shape index (κ3) is 4.95. The van der Waals surface area contributed by atoms with Crippen LogP contribution < -0.4 is 11.0 Å². The number of imidazole rings is 1. The van der Waals surface area contributed by atoms with Gasteiger partial charge < -0.3 is 5.32 Å². The minimum Gasteiger partial charge on any atom is -0.355 e. The number of sulfonamides is 1. The van der Waals surface area contributed by atoms with Crippen molar-refractivity contribution < 1.29 is 13.2 Å². The Morgan fingerprint density at radius 3 is 2.41 bits per heavy atom. The van der Waals surface area contributed by atoms with Gasteiger partial charge in [-0.05, 0) is 63.3 Å². The first-order valence-corrected chi connectivity index (χ1v) is 13.3. The molecule has 1 amide bonds. The van der Waals surface area contributed by atoms with Crippen molar-refractivity contribution in [1.82, 2.24) is 18.8 Å². The zero-order valence-electron chi connectivity index (χ0n) is 19.7. The fourth-order valence-corrected chi connectivity index (χ4v) is 6.05. The van der Waals surface area contributed by atoms with Gasteiger partial charge >= 0.3 is 5.69 Å². The van der Waals surface area contributed by atoms with Crippen molar-refractivity contribution in [3.8, 4) is 0 Å². The molecule has 0 bridgehead atoms. The summed E-state index contributed by atoms with van der Waals surface area (Å²) in [5.74, 6) is -0.272. The van der Waals surface area contributed by atoms with Crippen LogP contribution in [0.25, 0.3) is 11.0 Å². The molecule has 1 aliphatic heterocycles. The summed E-state index contributed by atoms with van der Waals surface area (Å²) >= 11 is 0. The molecule has 1 aromatic heterocycles.